The van der Waals surface area contributed by atoms with Crippen molar-refractivity contribution in [1.29, 1.82) is 0 Å². The van der Waals surface area contributed by atoms with Gasteiger partial charge in [-0.15, -0.1) is 12.4 Å². The molecule has 5 rings (SSSR count). The summed E-state index contributed by atoms with van der Waals surface area (Å²) in [6.07, 6.45) is 2.86. The highest BCUT2D eigenvalue weighted by atomic mass is 35.5. The summed E-state index contributed by atoms with van der Waals surface area (Å²) in [4.78, 5) is 22.0. The molecule has 0 unspecified atom stereocenters. The summed E-state index contributed by atoms with van der Waals surface area (Å²) in [7, 11) is 0. The minimum Gasteiger partial charge on any atom is -0.491 e. The molecule has 218 valence electrons. The van der Waals surface area contributed by atoms with Crippen molar-refractivity contribution in [3.05, 3.63) is 89.4 Å². The number of carbonyl (C=O) groups excluding carboxylic acids is 1. The minimum atomic E-state index is -0.392. The number of ether oxygens (including phenoxy) is 1. The minimum absolute atomic E-state index is 0. The Morgan fingerprint density at radius 1 is 1.07 bits per heavy atom. The maximum absolute atomic E-state index is 15.3. The predicted octanol–water partition coefficient (Wildman–Crippen LogP) is 6.91. The van der Waals surface area contributed by atoms with Crippen molar-refractivity contribution in [2.45, 2.75) is 59.1 Å². The Kier molecular flexibility index (Phi) is 9.53. The van der Waals surface area contributed by atoms with E-state index in [-0.39, 0.29) is 42.6 Å². The quantitative estimate of drug-likeness (QED) is 0.201. The van der Waals surface area contributed by atoms with Crippen LogP contribution in [0.1, 0.15) is 55.9 Å². The van der Waals surface area contributed by atoms with Crippen LogP contribution in [0.2, 0.25) is 0 Å². The van der Waals surface area contributed by atoms with Crippen LogP contribution in [0.25, 0.3) is 5.65 Å². The number of ketones is 1. The molecule has 1 atom stereocenters. The number of carbonyl (C=O) groups is 1. The highest BCUT2D eigenvalue weighted by Gasteiger charge is 2.26. The highest BCUT2D eigenvalue weighted by Crippen LogP contribution is 2.28. The van der Waals surface area contributed by atoms with E-state index in [2.05, 4.69) is 33.8 Å². The molecule has 4 aromatic rings. The number of aromatic nitrogens is 2. The first-order chi connectivity index (χ1) is 19.2. The number of hydrogen-bond donors (Lipinski definition) is 0. The van der Waals surface area contributed by atoms with E-state index in [4.69, 9.17) is 4.74 Å². The van der Waals surface area contributed by atoms with Gasteiger partial charge in [0.2, 0.25) is 0 Å². The number of Topliss-reactive ketones (excluding diaryl/α,β-unsaturated/α-hetero) is 1. The van der Waals surface area contributed by atoms with Gasteiger partial charge < -0.3 is 14.5 Å². The zero-order chi connectivity index (χ0) is 28.4. The maximum Gasteiger partial charge on any atom is 0.181 e. The van der Waals surface area contributed by atoms with Gasteiger partial charge in [-0.05, 0) is 81.6 Å². The molecule has 1 aliphatic rings. The van der Waals surface area contributed by atoms with Gasteiger partial charge in [-0.1, -0.05) is 13.0 Å². The average molecular weight is 583 g/mol. The van der Waals surface area contributed by atoms with Gasteiger partial charge >= 0.3 is 0 Å². The molecular weight excluding hydrogens is 546 g/mol. The summed E-state index contributed by atoms with van der Waals surface area (Å²) in [6.45, 7) is 10.3. The summed E-state index contributed by atoms with van der Waals surface area (Å²) in [5, 5.41) is 0. The lowest BCUT2D eigenvalue weighted by Crippen LogP contribution is -2.52. The van der Waals surface area contributed by atoms with E-state index in [1.54, 1.807) is 4.40 Å². The van der Waals surface area contributed by atoms with E-state index in [1.807, 2.05) is 45.0 Å². The summed E-state index contributed by atoms with van der Waals surface area (Å²) < 4.78 is 36.3. The van der Waals surface area contributed by atoms with E-state index in [9.17, 15) is 9.18 Å². The van der Waals surface area contributed by atoms with Crippen molar-refractivity contribution in [2.75, 3.05) is 29.4 Å². The number of fused-ring (bicyclic) bond motifs is 1. The lowest BCUT2D eigenvalue weighted by atomic mass is 10.0. The van der Waals surface area contributed by atoms with Crippen LogP contribution in [0.4, 0.5) is 20.2 Å². The molecule has 3 heterocycles. The van der Waals surface area contributed by atoms with Gasteiger partial charge in [0.05, 0.1) is 17.5 Å². The van der Waals surface area contributed by atoms with Crippen molar-refractivity contribution in [3.63, 3.8) is 0 Å². The van der Waals surface area contributed by atoms with Gasteiger partial charge in [0, 0.05) is 50.0 Å². The van der Waals surface area contributed by atoms with Gasteiger partial charge in [0.15, 0.2) is 5.78 Å². The number of piperazine rings is 1. The van der Waals surface area contributed by atoms with E-state index in [1.165, 1.54) is 24.4 Å². The van der Waals surface area contributed by atoms with Crippen molar-refractivity contribution in [3.8, 4) is 5.75 Å². The number of imidazole rings is 1. The van der Waals surface area contributed by atoms with Crippen LogP contribution in [0.5, 0.6) is 5.75 Å². The number of anilines is 2. The second-order valence-corrected chi connectivity index (χ2v) is 10.7. The summed E-state index contributed by atoms with van der Waals surface area (Å²) in [5.41, 5.74) is 4.02. The Balaban J connectivity index is 0.00000387. The Bertz CT molecular complexity index is 1510. The van der Waals surface area contributed by atoms with Crippen LogP contribution < -0.4 is 14.5 Å². The van der Waals surface area contributed by atoms with Gasteiger partial charge in [-0.3, -0.25) is 9.20 Å². The molecule has 1 fully saturated rings. The Morgan fingerprint density at radius 2 is 1.83 bits per heavy atom. The Morgan fingerprint density at radius 3 is 2.49 bits per heavy atom. The molecule has 6 nitrogen and oxygen atoms in total. The smallest absolute Gasteiger partial charge is 0.181 e. The molecule has 1 aliphatic heterocycles. The fourth-order valence-corrected chi connectivity index (χ4v) is 5.50. The van der Waals surface area contributed by atoms with Crippen LogP contribution >= 0.6 is 12.4 Å². The zero-order valence-corrected chi connectivity index (χ0v) is 24.8. The van der Waals surface area contributed by atoms with Gasteiger partial charge in [-0.2, -0.15) is 0 Å². The van der Waals surface area contributed by atoms with Crippen molar-refractivity contribution < 1.29 is 18.3 Å². The molecule has 2 aromatic carbocycles. The number of hydrogen-bond acceptors (Lipinski definition) is 5. The molecule has 1 saturated heterocycles. The molecule has 0 bridgehead atoms. The van der Waals surface area contributed by atoms with Crippen molar-refractivity contribution in [2.24, 2.45) is 0 Å². The fourth-order valence-electron chi connectivity index (χ4n) is 5.50. The van der Waals surface area contributed by atoms with Crippen molar-refractivity contribution >= 4 is 35.2 Å². The van der Waals surface area contributed by atoms with Crippen LogP contribution in [0, 0.1) is 11.6 Å². The Hall–Kier alpha value is -3.65. The lowest BCUT2D eigenvalue weighted by molar-refractivity contribution is 0.0976. The second-order valence-electron chi connectivity index (χ2n) is 10.7. The van der Waals surface area contributed by atoms with Gasteiger partial charge in [0.25, 0.3) is 0 Å². The molecular formula is C32H37ClF2N4O2. The normalized spacial score (nSPS) is 15.3. The largest absolute Gasteiger partial charge is 0.491 e. The van der Waals surface area contributed by atoms with Crippen LogP contribution in [-0.2, 0) is 12.8 Å². The molecule has 9 heteroatoms. The third-order valence-corrected chi connectivity index (χ3v) is 7.42. The standard InChI is InChI=1S/C32H36F2N4O2.ClH/c1-5-28-32(38-15-14-24(33)19-31(38)35-28)30(39)13-7-23-6-12-29(27(34)18-23)36-16-17-37(22(4)20-36)25-8-10-26(11-9-25)40-21(2)3;/h6,8-12,14-15,18-19,21-22H,5,7,13,16-17,20H2,1-4H3;1H/t22-;/m0./s1. The van der Waals surface area contributed by atoms with Crippen molar-refractivity contribution in [1.82, 2.24) is 9.38 Å². The van der Waals surface area contributed by atoms with E-state index in [0.717, 1.165) is 23.5 Å². The summed E-state index contributed by atoms with van der Waals surface area (Å²) in [6, 6.07) is 16.3. The SMILES string of the molecule is CCc1nc2cc(F)ccn2c1C(=O)CCc1ccc(N2CCN(c3ccc(OC(C)C)cc3)[C@@H](C)C2)c(F)c1.Cl. The van der Waals surface area contributed by atoms with Crippen LogP contribution in [0.3, 0.4) is 0 Å². The molecule has 41 heavy (non-hydrogen) atoms. The third-order valence-electron chi connectivity index (χ3n) is 7.42. The highest BCUT2D eigenvalue weighted by molar-refractivity contribution is 5.96. The van der Waals surface area contributed by atoms with Gasteiger partial charge in [0.1, 0.15) is 28.7 Å². The molecule has 0 amide bonds. The van der Waals surface area contributed by atoms with E-state index < -0.39 is 5.82 Å². The van der Waals surface area contributed by atoms with E-state index in [0.29, 0.717) is 48.7 Å². The van der Waals surface area contributed by atoms with Gasteiger partial charge in [-0.25, -0.2) is 13.8 Å². The summed E-state index contributed by atoms with van der Waals surface area (Å²) in [5.74, 6) is 0.0968. The molecule has 0 radical (unpaired) electrons. The number of benzene rings is 2. The number of halogens is 3. The van der Waals surface area contributed by atoms with Crippen LogP contribution in [-0.4, -0.2) is 46.9 Å². The first kappa shape index (κ1) is 30.3. The lowest BCUT2D eigenvalue weighted by Gasteiger charge is -2.42. The third kappa shape index (κ3) is 6.64. The first-order valence-electron chi connectivity index (χ1n) is 14.0. The number of aryl methyl sites for hydroxylation is 2. The summed E-state index contributed by atoms with van der Waals surface area (Å²) >= 11 is 0. The first-order valence-corrected chi connectivity index (χ1v) is 14.0. The topological polar surface area (TPSA) is 50.1 Å². The number of pyridine rings is 1. The molecule has 0 spiro atoms. The molecule has 0 aliphatic carbocycles. The average Bonchev–Trinajstić information content (AvgIpc) is 3.30. The molecule has 0 N–H and O–H groups in total. The zero-order valence-electron chi connectivity index (χ0n) is 23.9. The maximum atomic E-state index is 15.3. The molecule has 0 saturated carbocycles. The fraction of sp³-hybridized carbons (Fsp3) is 0.375. The monoisotopic (exact) mass is 582 g/mol. The number of nitrogens with zero attached hydrogens (tertiary/aromatic N) is 4. The predicted molar refractivity (Wildman–Crippen MR) is 162 cm³/mol. The second kappa shape index (κ2) is 12.9. The number of rotatable bonds is 9. The van der Waals surface area contributed by atoms with Crippen LogP contribution in [0.15, 0.2) is 60.8 Å². The van der Waals surface area contributed by atoms with E-state index >= 15 is 4.39 Å². The Labute approximate surface area is 246 Å². The molecule has 2 aromatic heterocycles.